The molecule has 0 saturated carbocycles. The molecule has 0 spiro atoms. The average molecular weight is 263 g/mol. The molecular weight excluding hydrogens is 242 g/mol. The molecule has 1 heterocycles. The maximum atomic E-state index is 10.6. The van der Waals surface area contributed by atoms with E-state index in [9.17, 15) is 4.79 Å². The molecule has 0 aromatic heterocycles. The number of ether oxygens (including phenoxy) is 1. The molecule has 5 heteroatoms. The van der Waals surface area contributed by atoms with Crippen LogP contribution in [0.1, 0.15) is 12.5 Å². The van der Waals surface area contributed by atoms with Gasteiger partial charge < -0.3 is 15.4 Å². The maximum absolute atomic E-state index is 10.6. The summed E-state index contributed by atoms with van der Waals surface area (Å²) in [6.45, 7) is 8.76. The first kappa shape index (κ1) is 13.8. The van der Waals surface area contributed by atoms with E-state index in [-0.39, 0.29) is 0 Å². The molecule has 2 rings (SSSR count). The van der Waals surface area contributed by atoms with E-state index in [0.717, 1.165) is 39.3 Å². The highest BCUT2D eigenvalue weighted by atomic mass is 16.5. The van der Waals surface area contributed by atoms with E-state index < -0.39 is 6.09 Å². The number of primary amides is 1. The maximum Gasteiger partial charge on any atom is 0.409 e. The molecule has 1 aromatic rings. The zero-order valence-corrected chi connectivity index (χ0v) is 11.3. The number of amides is 1. The Balaban J connectivity index is 1.84. The molecule has 5 nitrogen and oxygen atoms in total. The lowest BCUT2D eigenvalue weighted by molar-refractivity contribution is 0.132. The summed E-state index contributed by atoms with van der Waals surface area (Å²) in [5.74, 6) is 0.493. The van der Waals surface area contributed by atoms with Crippen LogP contribution in [-0.2, 0) is 6.54 Å². The van der Waals surface area contributed by atoms with Gasteiger partial charge in [-0.3, -0.25) is 4.90 Å². The molecule has 0 unspecified atom stereocenters. The van der Waals surface area contributed by atoms with Crippen molar-refractivity contribution in [2.75, 3.05) is 32.7 Å². The van der Waals surface area contributed by atoms with E-state index in [1.54, 1.807) is 12.1 Å². The van der Waals surface area contributed by atoms with Crippen molar-refractivity contribution in [3.8, 4) is 5.75 Å². The zero-order chi connectivity index (χ0) is 13.7. The number of nitrogens with two attached hydrogens (primary N) is 1. The van der Waals surface area contributed by atoms with Crippen LogP contribution in [0.3, 0.4) is 0 Å². The number of carbonyl (C=O) groups is 1. The van der Waals surface area contributed by atoms with Crippen LogP contribution in [0, 0.1) is 0 Å². The van der Waals surface area contributed by atoms with Gasteiger partial charge in [-0.15, -0.1) is 0 Å². The molecule has 2 N–H and O–H groups in total. The first-order valence-electron chi connectivity index (χ1n) is 6.68. The van der Waals surface area contributed by atoms with E-state index in [0.29, 0.717) is 5.75 Å². The van der Waals surface area contributed by atoms with Gasteiger partial charge in [0.25, 0.3) is 0 Å². The van der Waals surface area contributed by atoms with Gasteiger partial charge in [0.2, 0.25) is 0 Å². The van der Waals surface area contributed by atoms with Gasteiger partial charge in [-0.05, 0) is 24.2 Å². The van der Waals surface area contributed by atoms with Gasteiger partial charge in [-0.1, -0.05) is 19.1 Å². The molecule has 1 aliphatic heterocycles. The standard InChI is InChI=1S/C14H21N3O2/c1-2-16-7-9-17(10-8-16)11-12-3-5-13(6-4-12)19-14(15)18/h3-6H,2,7-11H2,1H3,(H2,15,18). The van der Waals surface area contributed by atoms with Crippen LogP contribution in [0.5, 0.6) is 5.75 Å². The van der Waals surface area contributed by atoms with Gasteiger partial charge >= 0.3 is 6.09 Å². The molecule has 1 amide bonds. The lowest BCUT2D eigenvalue weighted by Crippen LogP contribution is -2.45. The van der Waals surface area contributed by atoms with Gasteiger partial charge in [-0.25, -0.2) is 4.79 Å². The van der Waals surface area contributed by atoms with Gasteiger partial charge in [0.05, 0.1) is 0 Å². The minimum atomic E-state index is -0.775. The fourth-order valence-electron chi connectivity index (χ4n) is 2.30. The van der Waals surface area contributed by atoms with Crippen LogP contribution in [-0.4, -0.2) is 48.6 Å². The lowest BCUT2D eigenvalue weighted by Gasteiger charge is -2.34. The van der Waals surface area contributed by atoms with Crippen molar-refractivity contribution in [1.82, 2.24) is 9.80 Å². The Bertz CT molecular complexity index is 411. The molecule has 0 aliphatic carbocycles. The first-order valence-corrected chi connectivity index (χ1v) is 6.68. The molecule has 1 aromatic carbocycles. The topological polar surface area (TPSA) is 58.8 Å². The van der Waals surface area contributed by atoms with Crippen LogP contribution >= 0.6 is 0 Å². The van der Waals surface area contributed by atoms with Crippen LogP contribution in [0.25, 0.3) is 0 Å². The minimum Gasteiger partial charge on any atom is -0.411 e. The minimum absolute atomic E-state index is 0.493. The second-order valence-electron chi connectivity index (χ2n) is 4.78. The molecule has 1 saturated heterocycles. The Morgan fingerprint density at radius 1 is 1.16 bits per heavy atom. The number of nitrogens with zero attached hydrogens (tertiary/aromatic N) is 2. The predicted molar refractivity (Wildman–Crippen MR) is 74.0 cm³/mol. The number of carbonyl (C=O) groups excluding carboxylic acids is 1. The normalized spacial score (nSPS) is 17.3. The number of likely N-dealkylation sites (N-methyl/N-ethyl adjacent to an activating group) is 1. The van der Waals surface area contributed by atoms with Gasteiger partial charge in [0.15, 0.2) is 0 Å². The third-order valence-corrected chi connectivity index (χ3v) is 3.46. The Kier molecular flexibility index (Phi) is 4.76. The van der Waals surface area contributed by atoms with Crippen molar-refractivity contribution in [2.24, 2.45) is 5.73 Å². The Labute approximate surface area is 113 Å². The smallest absolute Gasteiger partial charge is 0.409 e. The number of hydrogen-bond donors (Lipinski definition) is 1. The average Bonchev–Trinajstić information content (AvgIpc) is 2.41. The summed E-state index contributed by atoms with van der Waals surface area (Å²) in [6.07, 6.45) is -0.775. The van der Waals surface area contributed by atoms with Gasteiger partial charge in [0, 0.05) is 32.7 Å². The molecular formula is C14H21N3O2. The fraction of sp³-hybridized carbons (Fsp3) is 0.500. The van der Waals surface area contributed by atoms with Crippen molar-refractivity contribution in [2.45, 2.75) is 13.5 Å². The van der Waals surface area contributed by atoms with Crippen LogP contribution in [0.4, 0.5) is 4.79 Å². The molecule has 1 fully saturated rings. The largest absolute Gasteiger partial charge is 0.411 e. The van der Waals surface area contributed by atoms with E-state index in [4.69, 9.17) is 10.5 Å². The van der Waals surface area contributed by atoms with E-state index >= 15 is 0 Å². The quantitative estimate of drug-likeness (QED) is 0.889. The highest BCUT2D eigenvalue weighted by Crippen LogP contribution is 2.14. The SMILES string of the molecule is CCN1CCN(Cc2ccc(OC(N)=O)cc2)CC1. The molecule has 1 aliphatic rings. The second kappa shape index (κ2) is 6.54. The van der Waals surface area contributed by atoms with Crippen LogP contribution in [0.2, 0.25) is 0 Å². The number of piperazine rings is 1. The monoisotopic (exact) mass is 263 g/mol. The number of benzene rings is 1. The van der Waals surface area contributed by atoms with E-state index in [1.807, 2.05) is 12.1 Å². The molecule has 104 valence electrons. The Hall–Kier alpha value is -1.59. The van der Waals surface area contributed by atoms with Crippen molar-refractivity contribution < 1.29 is 9.53 Å². The van der Waals surface area contributed by atoms with Gasteiger partial charge in [-0.2, -0.15) is 0 Å². The summed E-state index contributed by atoms with van der Waals surface area (Å²) in [4.78, 5) is 15.5. The van der Waals surface area contributed by atoms with Gasteiger partial charge in [0.1, 0.15) is 5.75 Å². The highest BCUT2D eigenvalue weighted by Gasteiger charge is 2.15. The van der Waals surface area contributed by atoms with Crippen LogP contribution < -0.4 is 10.5 Å². The van der Waals surface area contributed by atoms with Crippen molar-refractivity contribution in [1.29, 1.82) is 0 Å². The summed E-state index contributed by atoms with van der Waals surface area (Å²) in [5, 5.41) is 0. The van der Waals surface area contributed by atoms with Crippen molar-refractivity contribution in [3.05, 3.63) is 29.8 Å². The fourth-order valence-corrected chi connectivity index (χ4v) is 2.30. The number of hydrogen-bond acceptors (Lipinski definition) is 4. The second-order valence-corrected chi connectivity index (χ2v) is 4.78. The third-order valence-electron chi connectivity index (χ3n) is 3.46. The Morgan fingerprint density at radius 3 is 2.26 bits per heavy atom. The summed E-state index contributed by atoms with van der Waals surface area (Å²) < 4.78 is 4.81. The lowest BCUT2D eigenvalue weighted by atomic mass is 10.2. The van der Waals surface area contributed by atoms with E-state index in [1.165, 1.54) is 5.56 Å². The zero-order valence-electron chi connectivity index (χ0n) is 11.3. The first-order chi connectivity index (χ1) is 9.17. The molecule has 19 heavy (non-hydrogen) atoms. The molecule has 0 bridgehead atoms. The third kappa shape index (κ3) is 4.22. The summed E-state index contributed by atoms with van der Waals surface area (Å²) in [6, 6.07) is 7.51. The number of rotatable bonds is 4. The molecule has 0 radical (unpaired) electrons. The van der Waals surface area contributed by atoms with Crippen LogP contribution in [0.15, 0.2) is 24.3 Å². The summed E-state index contributed by atoms with van der Waals surface area (Å²) in [7, 11) is 0. The van der Waals surface area contributed by atoms with E-state index in [2.05, 4.69) is 16.7 Å². The summed E-state index contributed by atoms with van der Waals surface area (Å²) in [5.41, 5.74) is 6.19. The van der Waals surface area contributed by atoms with Crippen molar-refractivity contribution in [3.63, 3.8) is 0 Å². The highest BCUT2D eigenvalue weighted by molar-refractivity contribution is 5.67. The predicted octanol–water partition coefficient (Wildman–Crippen LogP) is 1.28. The molecule has 0 atom stereocenters. The Morgan fingerprint density at radius 2 is 1.74 bits per heavy atom. The van der Waals surface area contributed by atoms with Crippen molar-refractivity contribution >= 4 is 6.09 Å². The summed E-state index contributed by atoms with van der Waals surface area (Å²) >= 11 is 0.